The standard InChI is InChI=1S/C19H18BrNO3S/c1-2-24-19(23)16-13-9-6-10-15(13)25-18(16)21-17(22)14(20)11-12-7-4-3-5-8-12/h3-5,7-8,11H,2,6,9-10H2,1H3,(H,21,22). The highest BCUT2D eigenvalue weighted by atomic mass is 79.9. The molecule has 1 heterocycles. The molecule has 0 atom stereocenters. The van der Waals surface area contributed by atoms with Gasteiger partial charge in [0.05, 0.1) is 16.7 Å². The number of fused-ring (bicyclic) bond motifs is 1. The number of halogens is 1. The van der Waals surface area contributed by atoms with E-state index in [1.54, 1.807) is 13.0 Å². The molecule has 4 nitrogen and oxygen atoms in total. The normalized spacial score (nSPS) is 13.4. The Balaban J connectivity index is 1.84. The number of carbonyl (C=O) groups is 2. The van der Waals surface area contributed by atoms with Gasteiger partial charge in [-0.2, -0.15) is 0 Å². The summed E-state index contributed by atoms with van der Waals surface area (Å²) in [4.78, 5) is 26.0. The van der Waals surface area contributed by atoms with E-state index in [-0.39, 0.29) is 11.9 Å². The molecule has 0 fully saturated rings. The van der Waals surface area contributed by atoms with Crippen LogP contribution in [0.1, 0.15) is 39.7 Å². The van der Waals surface area contributed by atoms with Crippen LogP contribution >= 0.6 is 27.3 Å². The van der Waals surface area contributed by atoms with Crippen molar-refractivity contribution in [2.75, 3.05) is 11.9 Å². The van der Waals surface area contributed by atoms with Crippen molar-refractivity contribution in [3.8, 4) is 0 Å². The molecule has 130 valence electrons. The lowest BCUT2D eigenvalue weighted by Crippen LogP contribution is -2.14. The highest BCUT2D eigenvalue weighted by molar-refractivity contribution is 9.12. The minimum absolute atomic E-state index is 0.283. The van der Waals surface area contributed by atoms with Crippen LogP contribution in [-0.4, -0.2) is 18.5 Å². The predicted molar refractivity (Wildman–Crippen MR) is 104 cm³/mol. The lowest BCUT2D eigenvalue weighted by Gasteiger charge is -2.07. The molecule has 1 aliphatic carbocycles. The molecule has 1 aromatic carbocycles. The first-order valence-corrected chi connectivity index (χ1v) is 9.76. The lowest BCUT2D eigenvalue weighted by molar-refractivity contribution is -0.112. The third kappa shape index (κ3) is 4.02. The summed E-state index contributed by atoms with van der Waals surface area (Å²) >= 11 is 4.80. The van der Waals surface area contributed by atoms with Gasteiger partial charge in [0, 0.05) is 4.88 Å². The van der Waals surface area contributed by atoms with Crippen molar-refractivity contribution in [3.63, 3.8) is 0 Å². The number of hydrogen-bond acceptors (Lipinski definition) is 4. The molecular formula is C19H18BrNO3S. The number of thiophene rings is 1. The fraction of sp³-hybridized carbons (Fsp3) is 0.263. The Kier molecular flexibility index (Phi) is 5.71. The quantitative estimate of drug-likeness (QED) is 0.559. The van der Waals surface area contributed by atoms with E-state index in [9.17, 15) is 9.59 Å². The van der Waals surface area contributed by atoms with Gasteiger partial charge in [-0.25, -0.2) is 4.79 Å². The van der Waals surface area contributed by atoms with Crippen LogP contribution in [0.4, 0.5) is 5.00 Å². The van der Waals surface area contributed by atoms with E-state index in [2.05, 4.69) is 21.2 Å². The summed E-state index contributed by atoms with van der Waals surface area (Å²) in [6, 6.07) is 9.57. The van der Waals surface area contributed by atoms with Crippen LogP contribution < -0.4 is 5.32 Å². The van der Waals surface area contributed by atoms with E-state index in [0.717, 1.165) is 30.4 Å². The number of amides is 1. The third-order valence-corrected chi connectivity index (χ3v) is 5.73. The molecule has 1 amide bonds. The molecule has 6 heteroatoms. The molecule has 0 bridgehead atoms. The molecule has 2 aromatic rings. The molecule has 1 aromatic heterocycles. The van der Waals surface area contributed by atoms with Crippen molar-refractivity contribution >= 4 is 50.2 Å². The van der Waals surface area contributed by atoms with E-state index >= 15 is 0 Å². The SMILES string of the molecule is CCOC(=O)c1c(NC(=O)C(Br)=Cc2ccccc2)sc2c1CCC2. The summed E-state index contributed by atoms with van der Waals surface area (Å²) in [6.45, 7) is 2.09. The van der Waals surface area contributed by atoms with Gasteiger partial charge >= 0.3 is 5.97 Å². The summed E-state index contributed by atoms with van der Waals surface area (Å²) in [6.07, 6.45) is 4.60. The number of rotatable bonds is 5. The molecule has 0 aliphatic heterocycles. The number of hydrogen-bond donors (Lipinski definition) is 1. The van der Waals surface area contributed by atoms with Crippen molar-refractivity contribution < 1.29 is 14.3 Å². The van der Waals surface area contributed by atoms with Crippen molar-refractivity contribution in [2.24, 2.45) is 0 Å². The predicted octanol–water partition coefficient (Wildman–Crippen LogP) is 4.79. The number of anilines is 1. The fourth-order valence-corrected chi connectivity index (χ4v) is 4.47. The minimum atomic E-state index is -0.361. The summed E-state index contributed by atoms with van der Waals surface area (Å²) in [5.41, 5.74) is 2.47. The van der Waals surface area contributed by atoms with Gasteiger partial charge in [-0.05, 0) is 59.3 Å². The molecule has 0 unspecified atom stereocenters. The molecule has 0 saturated heterocycles. The zero-order valence-electron chi connectivity index (χ0n) is 13.8. The fourth-order valence-electron chi connectivity index (χ4n) is 2.84. The maximum Gasteiger partial charge on any atom is 0.341 e. The summed E-state index contributed by atoms with van der Waals surface area (Å²) < 4.78 is 5.58. The second kappa shape index (κ2) is 7.97. The van der Waals surface area contributed by atoms with Crippen molar-refractivity contribution in [1.29, 1.82) is 0 Å². The van der Waals surface area contributed by atoms with Gasteiger partial charge in [-0.3, -0.25) is 4.79 Å². The van der Waals surface area contributed by atoms with Gasteiger partial charge in [0.15, 0.2) is 0 Å². The van der Waals surface area contributed by atoms with E-state index < -0.39 is 0 Å². The number of benzene rings is 1. The van der Waals surface area contributed by atoms with Gasteiger partial charge in [-0.15, -0.1) is 11.3 Å². The first kappa shape index (κ1) is 17.9. The minimum Gasteiger partial charge on any atom is -0.462 e. The molecule has 0 spiro atoms. The molecule has 0 radical (unpaired) electrons. The maximum absolute atomic E-state index is 12.5. The number of esters is 1. The van der Waals surface area contributed by atoms with Crippen LogP contribution in [0.3, 0.4) is 0 Å². The van der Waals surface area contributed by atoms with Gasteiger partial charge < -0.3 is 10.1 Å². The second-order valence-corrected chi connectivity index (χ2v) is 7.60. The Morgan fingerprint density at radius 2 is 2.04 bits per heavy atom. The molecule has 25 heavy (non-hydrogen) atoms. The Hall–Kier alpha value is -1.92. The Labute approximate surface area is 159 Å². The van der Waals surface area contributed by atoms with E-state index in [0.29, 0.717) is 21.7 Å². The zero-order chi connectivity index (χ0) is 17.8. The second-order valence-electron chi connectivity index (χ2n) is 5.64. The molecular weight excluding hydrogens is 402 g/mol. The first-order valence-electron chi connectivity index (χ1n) is 8.15. The topological polar surface area (TPSA) is 55.4 Å². The third-order valence-electron chi connectivity index (χ3n) is 3.94. The van der Waals surface area contributed by atoms with Crippen LogP contribution in [0, 0.1) is 0 Å². The van der Waals surface area contributed by atoms with Gasteiger partial charge in [0.25, 0.3) is 5.91 Å². The number of aryl methyl sites for hydroxylation is 1. The molecule has 1 aliphatic rings. The van der Waals surface area contributed by atoms with E-state index in [1.807, 2.05) is 30.3 Å². The molecule has 1 N–H and O–H groups in total. The van der Waals surface area contributed by atoms with Crippen LogP contribution in [0.15, 0.2) is 34.8 Å². The number of carbonyl (C=O) groups excluding carboxylic acids is 2. The monoisotopic (exact) mass is 419 g/mol. The Morgan fingerprint density at radius 1 is 1.28 bits per heavy atom. The zero-order valence-corrected chi connectivity index (χ0v) is 16.2. The van der Waals surface area contributed by atoms with Gasteiger partial charge in [-0.1, -0.05) is 30.3 Å². The van der Waals surface area contributed by atoms with Crippen LogP contribution in [-0.2, 0) is 22.4 Å². The molecule has 0 saturated carbocycles. The lowest BCUT2D eigenvalue weighted by atomic mass is 10.1. The highest BCUT2D eigenvalue weighted by Crippen LogP contribution is 2.39. The molecule has 3 rings (SSSR count). The number of nitrogens with one attached hydrogen (secondary N) is 1. The first-order chi connectivity index (χ1) is 12.1. The van der Waals surface area contributed by atoms with Crippen LogP contribution in [0.2, 0.25) is 0 Å². The average molecular weight is 420 g/mol. The summed E-state index contributed by atoms with van der Waals surface area (Å²) in [5.74, 6) is -0.644. The van der Waals surface area contributed by atoms with Crippen molar-refractivity contribution in [1.82, 2.24) is 0 Å². The Morgan fingerprint density at radius 3 is 2.76 bits per heavy atom. The Bertz CT molecular complexity index is 827. The largest absolute Gasteiger partial charge is 0.462 e. The van der Waals surface area contributed by atoms with Crippen LogP contribution in [0.25, 0.3) is 6.08 Å². The smallest absolute Gasteiger partial charge is 0.341 e. The van der Waals surface area contributed by atoms with Crippen LogP contribution in [0.5, 0.6) is 0 Å². The maximum atomic E-state index is 12.5. The van der Waals surface area contributed by atoms with Gasteiger partial charge in [0.1, 0.15) is 5.00 Å². The van der Waals surface area contributed by atoms with Gasteiger partial charge in [0.2, 0.25) is 0 Å². The average Bonchev–Trinajstić information content (AvgIpc) is 3.16. The highest BCUT2D eigenvalue weighted by Gasteiger charge is 2.28. The van der Waals surface area contributed by atoms with E-state index in [4.69, 9.17) is 4.74 Å². The summed E-state index contributed by atoms with van der Waals surface area (Å²) in [5, 5.41) is 3.44. The summed E-state index contributed by atoms with van der Waals surface area (Å²) in [7, 11) is 0. The van der Waals surface area contributed by atoms with Crippen molar-refractivity contribution in [3.05, 3.63) is 56.4 Å². The number of ether oxygens (including phenoxy) is 1. The van der Waals surface area contributed by atoms with E-state index in [1.165, 1.54) is 16.2 Å². The van der Waals surface area contributed by atoms with Crippen molar-refractivity contribution in [2.45, 2.75) is 26.2 Å².